The van der Waals surface area contributed by atoms with Crippen LogP contribution in [0.3, 0.4) is 0 Å². The number of rotatable bonds is 3. The third kappa shape index (κ3) is 3.44. The molecule has 4 rings (SSSR count). The molecule has 0 amide bonds. The van der Waals surface area contributed by atoms with Crippen LogP contribution in [0.4, 0.5) is 11.4 Å². The first-order valence-corrected chi connectivity index (χ1v) is 8.86. The van der Waals surface area contributed by atoms with E-state index in [1.807, 2.05) is 12.1 Å². The summed E-state index contributed by atoms with van der Waals surface area (Å²) in [7, 11) is 0. The van der Waals surface area contributed by atoms with Crippen molar-refractivity contribution >= 4 is 22.9 Å². The van der Waals surface area contributed by atoms with Gasteiger partial charge < -0.3 is 10.2 Å². The van der Waals surface area contributed by atoms with E-state index in [1.165, 1.54) is 11.3 Å². The van der Waals surface area contributed by atoms with Gasteiger partial charge in [0.25, 0.3) is 0 Å². The van der Waals surface area contributed by atoms with Gasteiger partial charge in [-0.2, -0.15) is 0 Å². The summed E-state index contributed by atoms with van der Waals surface area (Å²) in [6.07, 6.45) is 0. The van der Waals surface area contributed by atoms with Gasteiger partial charge in [-0.15, -0.1) is 0 Å². The van der Waals surface area contributed by atoms with Crippen LogP contribution in [0.25, 0.3) is 5.70 Å². The Bertz CT molecular complexity index is 816. The minimum atomic E-state index is 0.842. The van der Waals surface area contributed by atoms with Gasteiger partial charge in [0.1, 0.15) is 5.84 Å². The topological polar surface area (TPSA) is 30.9 Å². The average Bonchev–Trinajstić information content (AvgIpc) is 2.62. The summed E-state index contributed by atoms with van der Waals surface area (Å²) in [4.78, 5) is 9.69. The second kappa shape index (κ2) is 6.73. The largest absolute Gasteiger partial charge is 0.369 e. The molecule has 1 N–H and O–H groups in total. The molecule has 128 valence electrons. The van der Waals surface area contributed by atoms with E-state index in [4.69, 9.17) is 4.99 Å². The van der Waals surface area contributed by atoms with Crippen LogP contribution < -0.4 is 10.2 Å². The summed E-state index contributed by atoms with van der Waals surface area (Å²) in [6.45, 7) is 11.3. The minimum absolute atomic E-state index is 0.842. The molecular formula is C21H24N4. The van der Waals surface area contributed by atoms with Crippen LogP contribution in [-0.2, 0) is 0 Å². The molecule has 0 saturated carbocycles. The number of anilines is 1. The van der Waals surface area contributed by atoms with E-state index in [0.717, 1.165) is 55.5 Å². The molecule has 2 aromatic rings. The lowest BCUT2D eigenvalue weighted by molar-refractivity contribution is 0.290. The molecule has 25 heavy (non-hydrogen) atoms. The van der Waals surface area contributed by atoms with Crippen LogP contribution >= 0.6 is 0 Å². The zero-order valence-corrected chi connectivity index (χ0v) is 14.7. The summed E-state index contributed by atoms with van der Waals surface area (Å²) < 4.78 is 0. The standard InChI is InChI=1S/C21H24N4/c1-16-6-5-7-18(14-16)25-12-10-24(11-13-25)15-21-22-17(2)19-8-3-4-9-20(19)23-21/h3-9,14H,2,10-13,15H2,1H3,(H,22,23). The summed E-state index contributed by atoms with van der Waals surface area (Å²) in [5.74, 6) is 0.993. The second-order valence-corrected chi connectivity index (χ2v) is 6.78. The maximum absolute atomic E-state index is 4.77. The fourth-order valence-corrected chi connectivity index (χ4v) is 3.52. The fraction of sp³-hybridized carbons (Fsp3) is 0.286. The monoisotopic (exact) mass is 332 g/mol. The Kier molecular flexibility index (Phi) is 4.28. The molecular weight excluding hydrogens is 308 g/mol. The Hall–Kier alpha value is -2.59. The molecule has 0 radical (unpaired) electrons. The maximum Gasteiger partial charge on any atom is 0.121 e. The van der Waals surface area contributed by atoms with Gasteiger partial charge >= 0.3 is 0 Å². The number of para-hydroxylation sites is 1. The number of amidine groups is 1. The Morgan fingerprint density at radius 1 is 1.04 bits per heavy atom. The number of fused-ring (bicyclic) bond motifs is 1. The Morgan fingerprint density at radius 3 is 2.64 bits per heavy atom. The highest BCUT2D eigenvalue weighted by atomic mass is 15.3. The summed E-state index contributed by atoms with van der Waals surface area (Å²) in [5, 5.41) is 3.37. The SMILES string of the molecule is C=C1NC(CN2CCN(c3cccc(C)c3)CC2)=Nc2ccccc21. The van der Waals surface area contributed by atoms with Crippen LogP contribution in [0.2, 0.25) is 0 Å². The number of benzene rings is 2. The molecule has 0 spiro atoms. The molecule has 0 unspecified atom stereocenters. The number of piperazine rings is 1. The molecule has 0 aromatic heterocycles. The highest BCUT2D eigenvalue weighted by Gasteiger charge is 2.21. The number of nitrogens with zero attached hydrogens (tertiary/aromatic N) is 3. The Balaban J connectivity index is 1.39. The van der Waals surface area contributed by atoms with E-state index in [0.29, 0.717) is 0 Å². The highest BCUT2D eigenvalue weighted by molar-refractivity contribution is 5.98. The summed E-state index contributed by atoms with van der Waals surface area (Å²) in [6, 6.07) is 16.9. The number of hydrogen-bond acceptors (Lipinski definition) is 4. The Labute approximate surface area is 149 Å². The molecule has 0 atom stereocenters. The first kappa shape index (κ1) is 15.9. The van der Waals surface area contributed by atoms with Crippen molar-refractivity contribution in [3.05, 3.63) is 66.2 Å². The number of nitrogens with one attached hydrogen (secondary N) is 1. The van der Waals surface area contributed by atoms with E-state index in [2.05, 4.69) is 65.0 Å². The van der Waals surface area contributed by atoms with Gasteiger partial charge in [-0.25, -0.2) is 4.99 Å². The number of hydrogen-bond donors (Lipinski definition) is 1. The van der Waals surface area contributed by atoms with Crippen molar-refractivity contribution < 1.29 is 0 Å². The van der Waals surface area contributed by atoms with Crippen LogP contribution in [0.5, 0.6) is 0 Å². The normalized spacial score (nSPS) is 17.7. The summed E-state index contributed by atoms with van der Waals surface area (Å²) >= 11 is 0. The van der Waals surface area contributed by atoms with E-state index >= 15 is 0 Å². The molecule has 2 aliphatic rings. The lowest BCUT2D eigenvalue weighted by Gasteiger charge is -2.36. The van der Waals surface area contributed by atoms with Crippen LogP contribution in [0.15, 0.2) is 60.1 Å². The predicted octanol–water partition coefficient (Wildman–Crippen LogP) is 3.42. The van der Waals surface area contributed by atoms with E-state index in [9.17, 15) is 0 Å². The predicted molar refractivity (Wildman–Crippen MR) is 106 cm³/mol. The van der Waals surface area contributed by atoms with Crippen molar-refractivity contribution in [2.24, 2.45) is 4.99 Å². The molecule has 2 aliphatic heterocycles. The molecule has 0 aliphatic carbocycles. The fourth-order valence-electron chi connectivity index (χ4n) is 3.52. The van der Waals surface area contributed by atoms with Crippen molar-refractivity contribution in [3.63, 3.8) is 0 Å². The van der Waals surface area contributed by atoms with E-state index in [1.54, 1.807) is 0 Å². The molecule has 4 nitrogen and oxygen atoms in total. The zero-order valence-electron chi connectivity index (χ0n) is 14.7. The first-order chi connectivity index (χ1) is 12.2. The van der Waals surface area contributed by atoms with Crippen molar-refractivity contribution in [1.82, 2.24) is 10.2 Å². The van der Waals surface area contributed by atoms with Gasteiger partial charge in [0, 0.05) is 43.1 Å². The molecule has 4 heteroatoms. The van der Waals surface area contributed by atoms with Crippen LogP contribution in [-0.4, -0.2) is 43.5 Å². The van der Waals surface area contributed by atoms with Crippen molar-refractivity contribution in [2.45, 2.75) is 6.92 Å². The first-order valence-electron chi connectivity index (χ1n) is 8.86. The van der Waals surface area contributed by atoms with E-state index in [-0.39, 0.29) is 0 Å². The van der Waals surface area contributed by atoms with Gasteiger partial charge in [0.05, 0.1) is 12.2 Å². The molecule has 2 aromatic carbocycles. The smallest absolute Gasteiger partial charge is 0.121 e. The van der Waals surface area contributed by atoms with Gasteiger partial charge in [-0.3, -0.25) is 4.90 Å². The van der Waals surface area contributed by atoms with E-state index < -0.39 is 0 Å². The third-order valence-corrected chi connectivity index (χ3v) is 4.89. The van der Waals surface area contributed by atoms with Gasteiger partial charge in [0.15, 0.2) is 0 Å². The second-order valence-electron chi connectivity index (χ2n) is 6.78. The molecule has 1 fully saturated rings. The maximum atomic E-state index is 4.77. The zero-order chi connectivity index (χ0) is 17.2. The van der Waals surface area contributed by atoms with Gasteiger partial charge in [0.2, 0.25) is 0 Å². The van der Waals surface area contributed by atoms with Crippen molar-refractivity contribution in [3.8, 4) is 0 Å². The summed E-state index contributed by atoms with van der Waals surface area (Å²) in [5.41, 5.74) is 5.70. The number of aliphatic imine (C=N–C) groups is 1. The molecule has 0 bridgehead atoms. The van der Waals surface area contributed by atoms with Crippen LogP contribution in [0, 0.1) is 6.92 Å². The number of aryl methyl sites for hydroxylation is 1. The average molecular weight is 332 g/mol. The lowest BCUT2D eigenvalue weighted by atomic mass is 10.1. The van der Waals surface area contributed by atoms with Gasteiger partial charge in [-0.05, 0) is 30.7 Å². The van der Waals surface area contributed by atoms with Crippen LogP contribution in [0.1, 0.15) is 11.1 Å². The highest BCUT2D eigenvalue weighted by Crippen LogP contribution is 2.27. The lowest BCUT2D eigenvalue weighted by Crippen LogP contribution is -2.49. The van der Waals surface area contributed by atoms with Crippen molar-refractivity contribution in [2.75, 3.05) is 37.6 Å². The molecule has 2 heterocycles. The Morgan fingerprint density at radius 2 is 1.84 bits per heavy atom. The van der Waals surface area contributed by atoms with Gasteiger partial charge in [-0.1, -0.05) is 36.9 Å². The third-order valence-electron chi connectivity index (χ3n) is 4.89. The van der Waals surface area contributed by atoms with Crippen molar-refractivity contribution in [1.29, 1.82) is 0 Å². The minimum Gasteiger partial charge on any atom is -0.369 e. The quantitative estimate of drug-likeness (QED) is 0.934. The molecule has 1 saturated heterocycles.